The van der Waals surface area contributed by atoms with Gasteiger partial charge in [-0.15, -0.1) is 0 Å². The summed E-state index contributed by atoms with van der Waals surface area (Å²) in [6.07, 6.45) is 0. The highest BCUT2D eigenvalue weighted by Gasteiger charge is 2.22. The van der Waals surface area contributed by atoms with Crippen LogP contribution in [0.1, 0.15) is 35.2 Å². The number of rotatable bonds is 4. The highest BCUT2D eigenvalue weighted by Crippen LogP contribution is 2.30. The van der Waals surface area contributed by atoms with Gasteiger partial charge in [0, 0.05) is 5.56 Å². The molecule has 1 aliphatic heterocycles. The third-order valence-electron chi connectivity index (χ3n) is 3.78. The van der Waals surface area contributed by atoms with Gasteiger partial charge in [-0.25, -0.2) is 8.78 Å². The summed E-state index contributed by atoms with van der Waals surface area (Å²) in [4.78, 5) is 0. The van der Waals surface area contributed by atoms with Crippen molar-refractivity contribution >= 4 is 0 Å². The highest BCUT2D eigenvalue weighted by molar-refractivity contribution is 5.39. The van der Waals surface area contributed by atoms with E-state index in [1.54, 1.807) is 0 Å². The van der Waals surface area contributed by atoms with E-state index >= 15 is 0 Å². The van der Waals surface area contributed by atoms with Crippen LogP contribution in [0, 0.1) is 11.6 Å². The molecule has 0 saturated heterocycles. The molecule has 0 bridgehead atoms. The summed E-state index contributed by atoms with van der Waals surface area (Å²) in [5, 5.41) is 3.17. The van der Waals surface area contributed by atoms with Crippen molar-refractivity contribution in [2.75, 3.05) is 6.54 Å². The van der Waals surface area contributed by atoms with Gasteiger partial charge < -0.3 is 10.1 Å². The van der Waals surface area contributed by atoms with Crippen molar-refractivity contribution in [1.29, 1.82) is 0 Å². The minimum absolute atomic E-state index is 0.0678. The van der Waals surface area contributed by atoms with Crippen molar-refractivity contribution in [2.45, 2.75) is 26.2 Å². The summed E-state index contributed by atoms with van der Waals surface area (Å²) in [5.74, 6) is -1.06. The molecule has 21 heavy (non-hydrogen) atoms. The maximum absolute atomic E-state index is 14.1. The van der Waals surface area contributed by atoms with Crippen LogP contribution in [0.4, 0.5) is 8.78 Å². The molecule has 2 nitrogen and oxygen atoms in total. The van der Waals surface area contributed by atoms with Crippen LogP contribution in [0.15, 0.2) is 36.4 Å². The molecule has 0 saturated carbocycles. The molecular weight excluding hydrogens is 272 g/mol. The third-order valence-corrected chi connectivity index (χ3v) is 3.78. The second-order valence-corrected chi connectivity index (χ2v) is 5.15. The predicted octanol–water partition coefficient (Wildman–Crippen LogP) is 3.69. The van der Waals surface area contributed by atoms with E-state index in [0.29, 0.717) is 19.8 Å². The maximum Gasteiger partial charge on any atom is 0.131 e. The van der Waals surface area contributed by atoms with Gasteiger partial charge in [0.05, 0.1) is 19.3 Å². The summed E-state index contributed by atoms with van der Waals surface area (Å²) < 4.78 is 33.6. The lowest BCUT2D eigenvalue weighted by atomic mass is 9.95. The molecular formula is C17H17F2NO. The molecule has 1 aliphatic rings. The molecule has 2 aromatic rings. The minimum Gasteiger partial charge on any atom is -0.372 e. The third kappa shape index (κ3) is 2.69. The number of nitrogens with one attached hydrogen (secondary N) is 1. The molecule has 1 atom stereocenters. The number of halogens is 2. The number of fused-ring (bicyclic) bond motifs is 1. The molecule has 0 aliphatic carbocycles. The Hall–Kier alpha value is -1.78. The van der Waals surface area contributed by atoms with Crippen LogP contribution >= 0.6 is 0 Å². The van der Waals surface area contributed by atoms with E-state index in [0.717, 1.165) is 16.7 Å². The summed E-state index contributed by atoms with van der Waals surface area (Å²) in [5.41, 5.74) is 3.15. The fourth-order valence-corrected chi connectivity index (χ4v) is 2.75. The van der Waals surface area contributed by atoms with Crippen LogP contribution in [-0.4, -0.2) is 6.54 Å². The second kappa shape index (κ2) is 5.92. The number of hydrogen-bond acceptors (Lipinski definition) is 2. The van der Waals surface area contributed by atoms with Crippen LogP contribution in [0.25, 0.3) is 0 Å². The molecule has 0 radical (unpaired) electrons. The Labute approximate surface area is 122 Å². The molecule has 2 aromatic carbocycles. The van der Waals surface area contributed by atoms with E-state index in [1.807, 2.05) is 25.1 Å². The first-order valence-electron chi connectivity index (χ1n) is 7.07. The fourth-order valence-electron chi connectivity index (χ4n) is 2.75. The summed E-state index contributed by atoms with van der Waals surface area (Å²) in [6, 6.07) is 9.32. The van der Waals surface area contributed by atoms with Crippen LogP contribution < -0.4 is 5.32 Å². The molecule has 0 amide bonds. The normalized spacial score (nSPS) is 15.0. The molecule has 1 heterocycles. The van der Waals surface area contributed by atoms with Crippen LogP contribution in [0.2, 0.25) is 0 Å². The van der Waals surface area contributed by atoms with E-state index < -0.39 is 17.7 Å². The lowest BCUT2D eigenvalue weighted by Crippen LogP contribution is -2.24. The largest absolute Gasteiger partial charge is 0.372 e. The second-order valence-electron chi connectivity index (χ2n) is 5.15. The van der Waals surface area contributed by atoms with Crippen molar-refractivity contribution < 1.29 is 13.5 Å². The van der Waals surface area contributed by atoms with Gasteiger partial charge in [0.25, 0.3) is 0 Å². The van der Waals surface area contributed by atoms with Crippen molar-refractivity contribution in [3.05, 3.63) is 70.3 Å². The van der Waals surface area contributed by atoms with Crippen molar-refractivity contribution in [3.63, 3.8) is 0 Å². The van der Waals surface area contributed by atoms with E-state index in [4.69, 9.17) is 4.74 Å². The molecule has 1 N–H and O–H groups in total. The lowest BCUT2D eigenvalue weighted by Gasteiger charge is -2.21. The number of ether oxygens (including phenoxy) is 1. The van der Waals surface area contributed by atoms with Crippen LogP contribution in [0.3, 0.4) is 0 Å². The Balaban J connectivity index is 2.06. The lowest BCUT2D eigenvalue weighted by molar-refractivity contribution is 0.134. The van der Waals surface area contributed by atoms with Gasteiger partial charge in [-0.2, -0.15) is 0 Å². The number of hydrogen-bond donors (Lipinski definition) is 1. The zero-order valence-corrected chi connectivity index (χ0v) is 11.8. The van der Waals surface area contributed by atoms with Crippen LogP contribution in [-0.2, 0) is 18.0 Å². The Kier molecular flexibility index (Phi) is 3.99. The smallest absolute Gasteiger partial charge is 0.131 e. The van der Waals surface area contributed by atoms with Crippen LogP contribution in [0.5, 0.6) is 0 Å². The minimum atomic E-state index is -0.530. The van der Waals surface area contributed by atoms with E-state index in [9.17, 15) is 8.78 Å². The average Bonchev–Trinajstić information content (AvgIpc) is 2.93. The fraction of sp³-hybridized carbons (Fsp3) is 0.294. The van der Waals surface area contributed by atoms with Gasteiger partial charge in [0.15, 0.2) is 0 Å². The Bertz CT molecular complexity index is 637. The van der Waals surface area contributed by atoms with E-state index in [2.05, 4.69) is 5.32 Å². The zero-order chi connectivity index (χ0) is 14.8. The first-order valence-corrected chi connectivity index (χ1v) is 7.07. The van der Waals surface area contributed by atoms with Gasteiger partial charge in [0.1, 0.15) is 11.6 Å². The van der Waals surface area contributed by atoms with Crippen molar-refractivity contribution in [1.82, 2.24) is 5.32 Å². The quantitative estimate of drug-likeness (QED) is 0.926. The first-order chi connectivity index (χ1) is 10.2. The van der Waals surface area contributed by atoms with E-state index in [1.165, 1.54) is 18.2 Å². The Morgan fingerprint density at radius 3 is 2.52 bits per heavy atom. The molecule has 1 unspecified atom stereocenters. The van der Waals surface area contributed by atoms with Gasteiger partial charge in [-0.05, 0) is 35.4 Å². The van der Waals surface area contributed by atoms with Gasteiger partial charge in [0.2, 0.25) is 0 Å². The van der Waals surface area contributed by atoms with Gasteiger partial charge in [-0.1, -0.05) is 31.2 Å². The molecule has 0 fully saturated rings. The summed E-state index contributed by atoms with van der Waals surface area (Å²) in [6.45, 7) is 3.70. The van der Waals surface area contributed by atoms with Crippen molar-refractivity contribution in [2.24, 2.45) is 0 Å². The maximum atomic E-state index is 14.1. The molecule has 3 rings (SSSR count). The molecule has 0 spiro atoms. The predicted molar refractivity (Wildman–Crippen MR) is 76.8 cm³/mol. The van der Waals surface area contributed by atoms with E-state index in [-0.39, 0.29) is 5.56 Å². The monoisotopic (exact) mass is 289 g/mol. The Morgan fingerprint density at radius 2 is 1.81 bits per heavy atom. The summed E-state index contributed by atoms with van der Waals surface area (Å²) in [7, 11) is 0. The number of benzene rings is 2. The highest BCUT2D eigenvalue weighted by atomic mass is 19.1. The van der Waals surface area contributed by atoms with Gasteiger partial charge >= 0.3 is 0 Å². The molecule has 4 heteroatoms. The van der Waals surface area contributed by atoms with Crippen molar-refractivity contribution in [3.8, 4) is 0 Å². The molecule has 0 aromatic heterocycles. The zero-order valence-electron chi connectivity index (χ0n) is 11.8. The average molecular weight is 289 g/mol. The topological polar surface area (TPSA) is 21.3 Å². The Morgan fingerprint density at radius 1 is 1.10 bits per heavy atom. The SMILES string of the molecule is CCNC(c1ccc2c(c1)COC2)c1c(F)cccc1F. The standard InChI is InChI=1S/C17H17F2NO/c1-2-20-17(16-14(18)4-3-5-15(16)19)11-6-7-12-9-21-10-13(12)8-11/h3-8,17,20H,2,9-10H2,1H3. The van der Waals surface area contributed by atoms with Gasteiger partial charge in [-0.3, -0.25) is 0 Å². The molecule has 110 valence electrons. The first kappa shape index (κ1) is 14.2. The summed E-state index contributed by atoms with van der Waals surface area (Å²) >= 11 is 0.